The Morgan fingerprint density at radius 2 is 2.07 bits per heavy atom. The van der Waals surface area contributed by atoms with Crippen LogP contribution in [0.5, 0.6) is 0 Å². The zero-order valence-corrected chi connectivity index (χ0v) is 8.69. The second-order valence-corrected chi connectivity index (χ2v) is 6.12. The Bertz CT molecular complexity index is 290. The van der Waals surface area contributed by atoms with Gasteiger partial charge >= 0.3 is 0 Å². The summed E-state index contributed by atoms with van der Waals surface area (Å²) in [6, 6.07) is 0. The van der Waals surface area contributed by atoms with Crippen LogP contribution in [0.2, 0.25) is 0 Å². The van der Waals surface area contributed by atoms with Gasteiger partial charge in [0.1, 0.15) is 0 Å². The topological polar surface area (TPSA) is 60.2 Å². The van der Waals surface area contributed by atoms with Crippen LogP contribution in [0.4, 0.5) is 8.78 Å². The molecule has 1 aliphatic heterocycles. The Balaban J connectivity index is 2.54. The van der Waals surface area contributed by atoms with E-state index in [0.717, 1.165) is 0 Å². The van der Waals surface area contributed by atoms with Crippen molar-refractivity contribution in [3.63, 3.8) is 0 Å². The lowest BCUT2D eigenvalue weighted by Gasteiger charge is -2.25. The summed E-state index contributed by atoms with van der Waals surface area (Å²) in [5.41, 5.74) is 4.89. The van der Waals surface area contributed by atoms with E-state index >= 15 is 0 Å². The summed E-state index contributed by atoms with van der Waals surface area (Å²) >= 11 is 0. The van der Waals surface area contributed by atoms with E-state index in [1.54, 1.807) is 0 Å². The summed E-state index contributed by atoms with van der Waals surface area (Å²) in [5.74, 6) is -3.31. The lowest BCUT2D eigenvalue weighted by Crippen LogP contribution is -2.34. The van der Waals surface area contributed by atoms with Crippen LogP contribution in [0.1, 0.15) is 19.3 Å². The summed E-state index contributed by atoms with van der Waals surface area (Å²) in [7, 11) is -3.09. The third kappa shape index (κ3) is 3.49. The summed E-state index contributed by atoms with van der Waals surface area (Å²) in [6.45, 7) is -0.705. The van der Waals surface area contributed by atoms with Gasteiger partial charge < -0.3 is 5.73 Å². The highest BCUT2D eigenvalue weighted by Crippen LogP contribution is 2.29. The van der Waals surface area contributed by atoms with Crippen molar-refractivity contribution in [3.8, 4) is 0 Å². The van der Waals surface area contributed by atoms with Crippen LogP contribution in [0.3, 0.4) is 0 Å². The van der Waals surface area contributed by atoms with E-state index in [9.17, 15) is 17.2 Å². The predicted molar refractivity (Wildman–Crippen MR) is 50.0 cm³/mol. The highest BCUT2D eigenvalue weighted by Gasteiger charge is 2.34. The molecule has 14 heavy (non-hydrogen) atoms. The number of hydrogen-bond acceptors (Lipinski definition) is 3. The molecule has 0 aromatic heterocycles. The molecule has 0 aromatic carbocycles. The molecule has 0 spiro atoms. The van der Waals surface area contributed by atoms with Crippen LogP contribution in [-0.4, -0.2) is 32.4 Å². The van der Waals surface area contributed by atoms with E-state index in [1.807, 2.05) is 0 Å². The molecule has 1 fully saturated rings. The molecule has 1 aliphatic rings. The molecule has 0 bridgehead atoms. The Labute approximate surface area is 82.6 Å². The van der Waals surface area contributed by atoms with Gasteiger partial charge in [-0.25, -0.2) is 17.2 Å². The van der Waals surface area contributed by atoms with Gasteiger partial charge in [0.05, 0.1) is 18.1 Å². The van der Waals surface area contributed by atoms with E-state index in [4.69, 9.17) is 5.73 Å². The van der Waals surface area contributed by atoms with Crippen molar-refractivity contribution in [1.82, 2.24) is 0 Å². The first-order chi connectivity index (χ1) is 6.35. The molecule has 84 valence electrons. The van der Waals surface area contributed by atoms with Crippen LogP contribution >= 0.6 is 0 Å². The smallest absolute Gasteiger partial charge is 0.260 e. The van der Waals surface area contributed by atoms with Crippen molar-refractivity contribution >= 4 is 9.84 Å². The second-order valence-electron chi connectivity index (χ2n) is 3.89. The number of halogens is 2. The fraction of sp³-hybridized carbons (Fsp3) is 1.00. The van der Waals surface area contributed by atoms with Gasteiger partial charge in [0.25, 0.3) is 5.92 Å². The van der Waals surface area contributed by atoms with Crippen LogP contribution in [0.25, 0.3) is 0 Å². The molecule has 0 aromatic rings. The molecular formula is C8H15F2NO2S. The SMILES string of the molecule is NCC(F)(F)CC1CCCS(=O)(=O)C1. The van der Waals surface area contributed by atoms with Crippen LogP contribution in [-0.2, 0) is 9.84 Å². The third-order valence-corrected chi connectivity index (χ3v) is 4.33. The molecule has 6 heteroatoms. The molecule has 1 rings (SSSR count). The number of alkyl halides is 2. The van der Waals surface area contributed by atoms with Crippen molar-refractivity contribution in [2.45, 2.75) is 25.2 Å². The Hall–Kier alpha value is -0.230. The average molecular weight is 227 g/mol. The quantitative estimate of drug-likeness (QED) is 0.775. The minimum atomic E-state index is -3.09. The fourth-order valence-corrected chi connectivity index (χ4v) is 3.56. The van der Waals surface area contributed by atoms with Crippen molar-refractivity contribution in [1.29, 1.82) is 0 Å². The van der Waals surface area contributed by atoms with Crippen molar-refractivity contribution < 1.29 is 17.2 Å². The van der Waals surface area contributed by atoms with Crippen molar-refractivity contribution in [3.05, 3.63) is 0 Å². The standard InChI is InChI=1S/C8H15F2NO2S/c9-8(10,6-11)4-7-2-1-3-14(12,13)5-7/h7H,1-6,11H2. The normalized spacial score (nSPS) is 27.5. The zero-order chi connectivity index (χ0) is 10.8. The molecule has 2 N–H and O–H groups in total. The highest BCUT2D eigenvalue weighted by molar-refractivity contribution is 7.91. The molecule has 0 radical (unpaired) electrons. The first-order valence-corrected chi connectivity index (χ1v) is 6.45. The summed E-state index contributed by atoms with van der Waals surface area (Å²) in [6.07, 6.45) is 0.658. The lowest BCUT2D eigenvalue weighted by molar-refractivity contribution is -0.0124. The van der Waals surface area contributed by atoms with E-state index in [0.29, 0.717) is 12.8 Å². The summed E-state index contributed by atoms with van der Waals surface area (Å²) < 4.78 is 48.1. The third-order valence-electron chi connectivity index (χ3n) is 2.44. The van der Waals surface area contributed by atoms with E-state index < -0.39 is 34.6 Å². The molecular weight excluding hydrogens is 212 g/mol. The number of nitrogens with two attached hydrogens (primary N) is 1. The van der Waals surface area contributed by atoms with Gasteiger partial charge in [0.2, 0.25) is 0 Å². The van der Waals surface area contributed by atoms with Gasteiger partial charge in [-0.1, -0.05) is 0 Å². The van der Waals surface area contributed by atoms with Crippen molar-refractivity contribution in [2.24, 2.45) is 11.7 Å². The first kappa shape index (κ1) is 11.8. The van der Waals surface area contributed by atoms with E-state index in [1.165, 1.54) is 0 Å². The Morgan fingerprint density at radius 3 is 2.57 bits per heavy atom. The maximum Gasteiger partial charge on any atom is 0.260 e. The number of rotatable bonds is 3. The summed E-state index contributed by atoms with van der Waals surface area (Å²) in [4.78, 5) is 0. The van der Waals surface area contributed by atoms with E-state index in [2.05, 4.69) is 0 Å². The molecule has 0 amide bonds. The van der Waals surface area contributed by atoms with Gasteiger partial charge in [-0.3, -0.25) is 0 Å². The van der Waals surface area contributed by atoms with Gasteiger partial charge in [0.15, 0.2) is 9.84 Å². The average Bonchev–Trinajstić information content (AvgIpc) is 2.01. The number of sulfone groups is 1. The Morgan fingerprint density at radius 1 is 1.43 bits per heavy atom. The van der Waals surface area contributed by atoms with Crippen LogP contribution in [0.15, 0.2) is 0 Å². The van der Waals surface area contributed by atoms with Gasteiger partial charge in [-0.15, -0.1) is 0 Å². The van der Waals surface area contributed by atoms with Gasteiger partial charge in [-0.05, 0) is 18.8 Å². The van der Waals surface area contributed by atoms with Gasteiger partial charge in [0, 0.05) is 6.42 Å². The Kier molecular flexibility index (Phi) is 3.47. The summed E-state index contributed by atoms with van der Waals surface area (Å²) in [5, 5.41) is 0. The van der Waals surface area contributed by atoms with Crippen molar-refractivity contribution in [2.75, 3.05) is 18.1 Å². The fourth-order valence-electron chi connectivity index (χ4n) is 1.78. The zero-order valence-electron chi connectivity index (χ0n) is 7.88. The molecule has 1 atom stereocenters. The maximum atomic E-state index is 12.9. The lowest BCUT2D eigenvalue weighted by atomic mass is 9.97. The second kappa shape index (κ2) is 4.10. The molecule has 1 saturated heterocycles. The largest absolute Gasteiger partial charge is 0.325 e. The number of hydrogen-bond donors (Lipinski definition) is 1. The van der Waals surface area contributed by atoms with Gasteiger partial charge in [-0.2, -0.15) is 0 Å². The molecule has 1 heterocycles. The monoisotopic (exact) mass is 227 g/mol. The maximum absolute atomic E-state index is 12.9. The first-order valence-electron chi connectivity index (χ1n) is 4.63. The predicted octanol–water partition coefficient (Wildman–Crippen LogP) is 0.795. The van der Waals surface area contributed by atoms with Crippen LogP contribution < -0.4 is 5.73 Å². The van der Waals surface area contributed by atoms with Crippen LogP contribution in [0, 0.1) is 5.92 Å². The van der Waals surface area contributed by atoms with E-state index in [-0.39, 0.29) is 11.5 Å². The molecule has 3 nitrogen and oxygen atoms in total. The highest BCUT2D eigenvalue weighted by atomic mass is 32.2. The minimum absolute atomic E-state index is 0.109. The molecule has 0 aliphatic carbocycles. The molecule has 0 saturated carbocycles. The molecule has 1 unspecified atom stereocenters. The minimum Gasteiger partial charge on any atom is -0.325 e.